The fourth-order valence-electron chi connectivity index (χ4n) is 3.44. The number of anilines is 1. The van der Waals surface area contributed by atoms with E-state index in [-0.39, 0.29) is 22.2 Å². The van der Waals surface area contributed by atoms with Gasteiger partial charge in [0.15, 0.2) is 17.3 Å². The van der Waals surface area contributed by atoms with Gasteiger partial charge in [0.2, 0.25) is 15.9 Å². The number of carbonyl (C=O) groups is 1. The van der Waals surface area contributed by atoms with Crippen molar-refractivity contribution in [3.63, 3.8) is 0 Å². The Bertz CT molecular complexity index is 1280. The summed E-state index contributed by atoms with van der Waals surface area (Å²) in [5, 5.41) is 6.58. The van der Waals surface area contributed by atoms with E-state index >= 15 is 0 Å². The summed E-state index contributed by atoms with van der Waals surface area (Å²) in [6.45, 7) is 4.32. The molecule has 4 rings (SSSR count). The summed E-state index contributed by atoms with van der Waals surface area (Å²) < 4.78 is 55.6. The quantitative estimate of drug-likeness (QED) is 0.529. The van der Waals surface area contributed by atoms with Crippen LogP contribution in [0.1, 0.15) is 20.3 Å². The molecule has 0 saturated heterocycles. The van der Waals surface area contributed by atoms with E-state index in [2.05, 4.69) is 15.1 Å². The molecular weight excluding hydrogens is 463 g/mol. The van der Waals surface area contributed by atoms with E-state index in [1.807, 2.05) is 0 Å². The molecule has 0 spiro atoms. The third-order valence-electron chi connectivity index (χ3n) is 5.23. The minimum Gasteiger partial charge on any atom is -0.490 e. The van der Waals surface area contributed by atoms with Crippen molar-refractivity contribution < 1.29 is 27.1 Å². The van der Waals surface area contributed by atoms with Gasteiger partial charge in [-0.05, 0) is 42.3 Å². The number of halogens is 1. The van der Waals surface area contributed by atoms with Crippen molar-refractivity contribution in [1.29, 1.82) is 0 Å². The largest absolute Gasteiger partial charge is 0.490 e. The van der Waals surface area contributed by atoms with Gasteiger partial charge in [-0.3, -0.25) is 4.79 Å². The highest BCUT2D eigenvalue weighted by Gasteiger charge is 2.29. The van der Waals surface area contributed by atoms with Crippen molar-refractivity contribution in [2.75, 3.05) is 18.5 Å². The van der Waals surface area contributed by atoms with Crippen LogP contribution in [-0.2, 0) is 14.8 Å². The number of rotatable bonds is 7. The first-order valence-corrected chi connectivity index (χ1v) is 12.3. The number of ether oxygens (including phenoxy) is 2. The van der Waals surface area contributed by atoms with Crippen LogP contribution in [0.5, 0.6) is 11.5 Å². The van der Waals surface area contributed by atoms with Crippen molar-refractivity contribution in [3.05, 3.63) is 60.7 Å². The summed E-state index contributed by atoms with van der Waals surface area (Å²) in [6.07, 6.45) is 3.81. The van der Waals surface area contributed by atoms with E-state index in [1.165, 1.54) is 41.2 Å². The fraction of sp³-hybridized carbons (Fsp3) is 0.304. The molecule has 2 aromatic carbocycles. The van der Waals surface area contributed by atoms with E-state index in [0.717, 1.165) is 6.07 Å². The number of aromatic nitrogens is 2. The molecule has 9 nitrogen and oxygen atoms in total. The van der Waals surface area contributed by atoms with Crippen LogP contribution in [0.25, 0.3) is 5.69 Å². The molecule has 2 N–H and O–H groups in total. The van der Waals surface area contributed by atoms with Crippen molar-refractivity contribution >= 4 is 21.6 Å². The van der Waals surface area contributed by atoms with E-state index in [9.17, 15) is 17.6 Å². The zero-order valence-electron chi connectivity index (χ0n) is 18.7. The topological polar surface area (TPSA) is 112 Å². The summed E-state index contributed by atoms with van der Waals surface area (Å²) in [5.41, 5.74) is 0.414. The number of hydrogen-bond acceptors (Lipinski definition) is 6. The van der Waals surface area contributed by atoms with Gasteiger partial charge in [-0.2, -0.15) is 9.82 Å². The first-order valence-electron chi connectivity index (χ1n) is 10.8. The zero-order valence-corrected chi connectivity index (χ0v) is 19.5. The molecule has 11 heteroatoms. The van der Waals surface area contributed by atoms with Crippen LogP contribution in [0, 0.1) is 11.7 Å². The van der Waals surface area contributed by atoms with Gasteiger partial charge in [0.1, 0.15) is 11.7 Å². The molecule has 1 amide bonds. The molecule has 0 radical (unpaired) electrons. The summed E-state index contributed by atoms with van der Waals surface area (Å²) >= 11 is 0. The number of hydrogen-bond donors (Lipinski definition) is 2. The van der Waals surface area contributed by atoms with Gasteiger partial charge in [0.25, 0.3) is 0 Å². The highest BCUT2D eigenvalue weighted by Crippen LogP contribution is 2.32. The number of amides is 1. The van der Waals surface area contributed by atoms with Crippen LogP contribution in [0.4, 0.5) is 10.1 Å². The maximum absolute atomic E-state index is 14.5. The van der Waals surface area contributed by atoms with Crippen molar-refractivity contribution in [2.24, 2.45) is 5.92 Å². The van der Waals surface area contributed by atoms with Crippen LogP contribution in [0.2, 0.25) is 0 Å². The molecule has 1 aliphatic rings. The average Bonchev–Trinajstić information content (AvgIpc) is 3.21. The van der Waals surface area contributed by atoms with Crippen LogP contribution in [0.15, 0.2) is 59.8 Å². The molecule has 0 saturated carbocycles. The Morgan fingerprint density at radius 1 is 1.12 bits per heavy atom. The van der Waals surface area contributed by atoms with Gasteiger partial charge in [-0.25, -0.2) is 17.5 Å². The molecule has 0 aliphatic carbocycles. The highest BCUT2D eigenvalue weighted by molar-refractivity contribution is 7.89. The van der Waals surface area contributed by atoms with Gasteiger partial charge < -0.3 is 14.8 Å². The van der Waals surface area contributed by atoms with Gasteiger partial charge in [-0.15, -0.1) is 0 Å². The minimum atomic E-state index is -4.06. The Hall–Kier alpha value is -3.44. The third-order valence-corrected chi connectivity index (χ3v) is 6.67. The minimum absolute atomic E-state index is 0.0511. The lowest BCUT2D eigenvalue weighted by atomic mass is 10.0. The second kappa shape index (κ2) is 9.82. The fourth-order valence-corrected chi connectivity index (χ4v) is 4.80. The molecule has 1 aromatic heterocycles. The normalized spacial score (nSPS) is 14.5. The van der Waals surface area contributed by atoms with Crippen molar-refractivity contribution in [3.8, 4) is 17.2 Å². The standard InChI is InChI=1S/C23H25FN4O5S/c1-15(2)22(23(29)26-16-5-7-19(18(24)13-16)28-10-3-9-25-28)27-34(30,31)17-6-8-20-21(14-17)33-12-4-11-32-20/h3,5-10,13-15,22,27H,4,11-12H2,1-2H3,(H,26,29). The maximum atomic E-state index is 14.5. The second-order valence-electron chi connectivity index (χ2n) is 8.11. The zero-order chi connectivity index (χ0) is 24.3. The molecule has 1 aliphatic heterocycles. The number of carbonyl (C=O) groups excluding carboxylic acids is 1. The Morgan fingerprint density at radius 3 is 2.56 bits per heavy atom. The van der Waals surface area contributed by atoms with Gasteiger partial charge in [0, 0.05) is 30.6 Å². The first-order chi connectivity index (χ1) is 16.2. The Labute approximate surface area is 196 Å². The van der Waals surface area contributed by atoms with Crippen molar-refractivity contribution in [2.45, 2.75) is 31.2 Å². The molecule has 3 aromatic rings. The first kappa shape index (κ1) is 23.7. The number of fused-ring (bicyclic) bond motifs is 1. The summed E-state index contributed by atoms with van der Waals surface area (Å²) in [6, 6.07) is 9.02. The monoisotopic (exact) mass is 488 g/mol. The Morgan fingerprint density at radius 2 is 1.88 bits per heavy atom. The van der Waals surface area contributed by atoms with Crippen LogP contribution < -0.4 is 19.5 Å². The van der Waals surface area contributed by atoms with Gasteiger partial charge >= 0.3 is 0 Å². The molecule has 0 fully saturated rings. The summed E-state index contributed by atoms with van der Waals surface area (Å²) in [7, 11) is -4.06. The lowest BCUT2D eigenvalue weighted by Gasteiger charge is -2.22. The SMILES string of the molecule is CC(C)C(NS(=O)(=O)c1ccc2c(c1)OCCCO2)C(=O)Nc1ccc(-n2cccn2)c(F)c1. The summed E-state index contributed by atoms with van der Waals surface area (Å²) in [4.78, 5) is 12.9. The lowest BCUT2D eigenvalue weighted by molar-refractivity contribution is -0.118. The molecule has 34 heavy (non-hydrogen) atoms. The third kappa shape index (κ3) is 5.20. The molecule has 2 heterocycles. The van der Waals surface area contributed by atoms with E-state index in [4.69, 9.17) is 9.47 Å². The number of benzene rings is 2. The number of nitrogens with one attached hydrogen (secondary N) is 2. The Kier molecular flexibility index (Phi) is 6.85. The van der Waals surface area contributed by atoms with Crippen LogP contribution >= 0.6 is 0 Å². The van der Waals surface area contributed by atoms with E-state index < -0.39 is 27.8 Å². The molecule has 1 unspecified atom stereocenters. The number of sulfonamides is 1. The summed E-state index contributed by atoms with van der Waals surface area (Å²) in [5.74, 6) is -0.785. The molecular formula is C23H25FN4O5S. The predicted octanol–water partition coefficient (Wildman–Crippen LogP) is 3.11. The lowest BCUT2D eigenvalue weighted by Crippen LogP contribution is -2.47. The van der Waals surface area contributed by atoms with E-state index in [1.54, 1.807) is 26.1 Å². The molecule has 180 valence electrons. The van der Waals surface area contributed by atoms with E-state index in [0.29, 0.717) is 31.1 Å². The van der Waals surface area contributed by atoms with Gasteiger partial charge in [0.05, 0.1) is 18.1 Å². The average molecular weight is 489 g/mol. The maximum Gasteiger partial charge on any atom is 0.242 e. The number of nitrogens with zero attached hydrogens (tertiary/aromatic N) is 2. The predicted molar refractivity (Wildman–Crippen MR) is 123 cm³/mol. The van der Waals surface area contributed by atoms with Crippen LogP contribution in [0.3, 0.4) is 0 Å². The smallest absolute Gasteiger partial charge is 0.242 e. The Balaban J connectivity index is 1.51. The highest BCUT2D eigenvalue weighted by atomic mass is 32.2. The molecule has 1 atom stereocenters. The second-order valence-corrected chi connectivity index (χ2v) is 9.82. The van der Waals surface area contributed by atoms with Gasteiger partial charge in [-0.1, -0.05) is 13.8 Å². The van der Waals surface area contributed by atoms with Crippen LogP contribution in [-0.4, -0.2) is 43.4 Å². The molecule has 0 bridgehead atoms. The van der Waals surface area contributed by atoms with Crippen molar-refractivity contribution in [1.82, 2.24) is 14.5 Å².